The highest BCUT2D eigenvalue weighted by atomic mass is 79.9. The SMILES string of the molecule is CC(Br)C(=O)c1ccc2c(c1)CCC(=O)N2. The summed E-state index contributed by atoms with van der Waals surface area (Å²) in [6, 6.07) is 5.42. The van der Waals surface area contributed by atoms with Gasteiger partial charge in [-0.2, -0.15) is 0 Å². The Morgan fingerprint density at radius 1 is 1.44 bits per heavy atom. The summed E-state index contributed by atoms with van der Waals surface area (Å²) in [6.07, 6.45) is 1.20. The highest BCUT2D eigenvalue weighted by Gasteiger charge is 2.18. The molecule has 0 radical (unpaired) electrons. The van der Waals surface area contributed by atoms with Crippen molar-refractivity contribution in [3.63, 3.8) is 0 Å². The predicted molar refractivity (Wildman–Crippen MR) is 66.1 cm³/mol. The van der Waals surface area contributed by atoms with Crippen molar-refractivity contribution in [2.45, 2.75) is 24.6 Å². The van der Waals surface area contributed by atoms with Gasteiger partial charge in [-0.1, -0.05) is 15.9 Å². The van der Waals surface area contributed by atoms with Gasteiger partial charge in [0.05, 0.1) is 4.83 Å². The molecule has 4 heteroatoms. The van der Waals surface area contributed by atoms with Crippen LogP contribution in [0.4, 0.5) is 5.69 Å². The summed E-state index contributed by atoms with van der Waals surface area (Å²) in [7, 11) is 0. The number of benzene rings is 1. The van der Waals surface area contributed by atoms with Crippen molar-refractivity contribution in [1.29, 1.82) is 0 Å². The number of carbonyl (C=O) groups excluding carboxylic acids is 2. The molecule has 1 aromatic carbocycles. The third-order valence-electron chi connectivity index (χ3n) is 2.65. The highest BCUT2D eigenvalue weighted by Crippen LogP contribution is 2.24. The van der Waals surface area contributed by atoms with Crippen molar-refractivity contribution in [2.75, 3.05) is 5.32 Å². The minimum Gasteiger partial charge on any atom is -0.326 e. The van der Waals surface area contributed by atoms with E-state index in [4.69, 9.17) is 0 Å². The third kappa shape index (κ3) is 2.16. The molecule has 0 saturated carbocycles. The van der Waals surface area contributed by atoms with Crippen LogP contribution in [0, 0.1) is 0 Å². The second-order valence-electron chi connectivity index (χ2n) is 3.90. The van der Waals surface area contributed by atoms with Crippen molar-refractivity contribution in [3.8, 4) is 0 Å². The van der Waals surface area contributed by atoms with E-state index in [9.17, 15) is 9.59 Å². The number of Topliss-reactive ketones (excluding diaryl/α,β-unsaturated/α-hetero) is 1. The first-order valence-electron chi connectivity index (χ1n) is 5.19. The normalized spacial score (nSPS) is 16.2. The summed E-state index contributed by atoms with van der Waals surface area (Å²) in [5.74, 6) is 0.111. The van der Waals surface area contributed by atoms with Crippen LogP contribution < -0.4 is 5.32 Å². The molecule has 1 N–H and O–H groups in total. The van der Waals surface area contributed by atoms with E-state index < -0.39 is 0 Å². The minimum atomic E-state index is -0.177. The van der Waals surface area contributed by atoms with Crippen molar-refractivity contribution in [3.05, 3.63) is 29.3 Å². The molecule has 0 aromatic heterocycles. The fourth-order valence-electron chi connectivity index (χ4n) is 1.77. The number of amides is 1. The second kappa shape index (κ2) is 4.37. The molecule has 16 heavy (non-hydrogen) atoms. The van der Waals surface area contributed by atoms with Gasteiger partial charge in [-0.25, -0.2) is 0 Å². The molecule has 1 aliphatic heterocycles. The summed E-state index contributed by atoms with van der Waals surface area (Å²) >= 11 is 3.26. The Balaban J connectivity index is 2.33. The summed E-state index contributed by atoms with van der Waals surface area (Å²) in [4.78, 5) is 22.8. The molecule has 0 spiro atoms. The van der Waals surface area contributed by atoms with E-state index in [1.54, 1.807) is 12.1 Å². The predicted octanol–water partition coefficient (Wildman–Crippen LogP) is 2.54. The highest BCUT2D eigenvalue weighted by molar-refractivity contribution is 9.10. The molecular formula is C12H12BrNO2. The molecule has 1 aromatic rings. The molecule has 1 unspecified atom stereocenters. The standard InChI is InChI=1S/C12H12BrNO2/c1-7(13)12(16)9-2-4-10-8(6-9)3-5-11(15)14-10/h2,4,6-7H,3,5H2,1H3,(H,14,15). The minimum absolute atomic E-state index is 0.0421. The smallest absolute Gasteiger partial charge is 0.224 e. The van der Waals surface area contributed by atoms with Gasteiger partial charge < -0.3 is 5.32 Å². The van der Waals surface area contributed by atoms with Crippen LogP contribution in [-0.4, -0.2) is 16.5 Å². The van der Waals surface area contributed by atoms with Gasteiger partial charge in [0.1, 0.15) is 0 Å². The number of ketones is 1. The van der Waals surface area contributed by atoms with Gasteiger partial charge >= 0.3 is 0 Å². The Morgan fingerprint density at radius 3 is 2.88 bits per heavy atom. The molecule has 84 valence electrons. The van der Waals surface area contributed by atoms with Gasteiger partial charge in [-0.3, -0.25) is 9.59 Å². The number of carbonyl (C=O) groups is 2. The van der Waals surface area contributed by atoms with Crippen molar-refractivity contribution in [2.24, 2.45) is 0 Å². The number of fused-ring (bicyclic) bond motifs is 1. The summed E-state index contributed by atoms with van der Waals surface area (Å²) < 4.78 is 0. The van der Waals surface area contributed by atoms with Crippen LogP contribution in [0.15, 0.2) is 18.2 Å². The van der Waals surface area contributed by atoms with Gasteiger partial charge in [0.2, 0.25) is 5.91 Å². The maximum Gasteiger partial charge on any atom is 0.224 e. The molecule has 2 rings (SSSR count). The fraction of sp³-hybridized carbons (Fsp3) is 0.333. The van der Waals surface area contributed by atoms with E-state index in [1.165, 1.54) is 0 Å². The Kier molecular flexibility index (Phi) is 3.10. The Bertz CT molecular complexity index is 454. The topological polar surface area (TPSA) is 46.2 Å². The van der Waals surface area contributed by atoms with E-state index in [0.29, 0.717) is 18.4 Å². The van der Waals surface area contributed by atoms with Crippen LogP contribution in [0.5, 0.6) is 0 Å². The van der Waals surface area contributed by atoms with E-state index in [2.05, 4.69) is 21.2 Å². The van der Waals surface area contributed by atoms with Gasteiger partial charge in [-0.05, 0) is 37.1 Å². The summed E-state index contributed by atoms with van der Waals surface area (Å²) in [6.45, 7) is 1.81. The molecule has 1 atom stereocenters. The number of halogens is 1. The van der Waals surface area contributed by atoms with E-state index in [0.717, 1.165) is 11.3 Å². The fourth-order valence-corrected chi connectivity index (χ4v) is 2.03. The van der Waals surface area contributed by atoms with Gasteiger partial charge in [0, 0.05) is 17.7 Å². The molecule has 0 bridgehead atoms. The van der Waals surface area contributed by atoms with Crippen LogP contribution in [0.1, 0.15) is 29.3 Å². The molecule has 0 saturated heterocycles. The number of hydrogen-bond donors (Lipinski definition) is 1. The van der Waals surface area contributed by atoms with E-state index in [1.807, 2.05) is 13.0 Å². The molecule has 1 aliphatic rings. The summed E-state index contributed by atoms with van der Waals surface area (Å²) in [5, 5.41) is 2.79. The summed E-state index contributed by atoms with van der Waals surface area (Å²) in [5.41, 5.74) is 2.56. The number of hydrogen-bond acceptors (Lipinski definition) is 2. The van der Waals surface area contributed by atoms with E-state index >= 15 is 0 Å². The number of anilines is 1. The first kappa shape index (κ1) is 11.3. The lowest BCUT2D eigenvalue weighted by Gasteiger charge is -2.17. The van der Waals surface area contributed by atoms with Crippen molar-refractivity contribution in [1.82, 2.24) is 0 Å². The average molecular weight is 282 g/mol. The van der Waals surface area contributed by atoms with Crippen LogP contribution in [0.2, 0.25) is 0 Å². The number of alkyl halides is 1. The van der Waals surface area contributed by atoms with Crippen LogP contribution in [-0.2, 0) is 11.2 Å². The largest absolute Gasteiger partial charge is 0.326 e. The van der Waals surface area contributed by atoms with Crippen LogP contribution in [0.25, 0.3) is 0 Å². The van der Waals surface area contributed by atoms with Crippen molar-refractivity contribution < 1.29 is 9.59 Å². The zero-order chi connectivity index (χ0) is 11.7. The maximum atomic E-state index is 11.8. The monoisotopic (exact) mass is 281 g/mol. The molecule has 0 fully saturated rings. The van der Waals surface area contributed by atoms with Crippen molar-refractivity contribution >= 4 is 33.3 Å². The molecule has 3 nitrogen and oxygen atoms in total. The van der Waals surface area contributed by atoms with E-state index in [-0.39, 0.29) is 16.5 Å². The lowest BCUT2D eigenvalue weighted by molar-refractivity contribution is -0.116. The number of rotatable bonds is 2. The van der Waals surface area contributed by atoms with Gasteiger partial charge in [-0.15, -0.1) is 0 Å². The third-order valence-corrected chi connectivity index (χ3v) is 3.06. The van der Waals surface area contributed by atoms with Gasteiger partial charge in [0.15, 0.2) is 5.78 Å². The number of nitrogens with one attached hydrogen (secondary N) is 1. The lowest BCUT2D eigenvalue weighted by Crippen LogP contribution is -2.20. The molecule has 0 aliphatic carbocycles. The zero-order valence-corrected chi connectivity index (χ0v) is 10.5. The molecule has 1 amide bonds. The lowest BCUT2D eigenvalue weighted by atomic mass is 9.98. The molecule has 1 heterocycles. The van der Waals surface area contributed by atoms with Gasteiger partial charge in [0.25, 0.3) is 0 Å². The maximum absolute atomic E-state index is 11.8. The first-order chi connectivity index (χ1) is 7.58. The molecular weight excluding hydrogens is 270 g/mol. The Hall–Kier alpha value is -1.16. The Labute approximate surface area is 102 Å². The van der Waals surface area contributed by atoms with Crippen LogP contribution in [0.3, 0.4) is 0 Å². The average Bonchev–Trinajstić information content (AvgIpc) is 2.27. The Morgan fingerprint density at radius 2 is 2.19 bits per heavy atom. The van der Waals surface area contributed by atoms with Crippen LogP contribution >= 0.6 is 15.9 Å². The zero-order valence-electron chi connectivity index (χ0n) is 8.92. The quantitative estimate of drug-likeness (QED) is 0.669. The number of aryl methyl sites for hydroxylation is 1. The first-order valence-corrected chi connectivity index (χ1v) is 6.10. The second-order valence-corrected chi connectivity index (χ2v) is 5.27.